The largest absolute Gasteiger partial charge is 0.465 e. The molecular formula is C38H42N8O6. The average Bonchev–Trinajstić information content (AvgIpc) is 3.75. The van der Waals surface area contributed by atoms with E-state index in [4.69, 9.17) is 0 Å². The molecule has 8 rings (SSSR count). The third kappa shape index (κ3) is 5.95. The minimum Gasteiger partial charge on any atom is -0.465 e. The zero-order valence-electron chi connectivity index (χ0n) is 29.4. The third-order valence-electron chi connectivity index (χ3n) is 11.4. The van der Waals surface area contributed by atoms with E-state index < -0.39 is 24.3 Å². The number of rotatable bonds is 9. The zero-order chi connectivity index (χ0) is 36.4. The molecule has 0 spiro atoms. The van der Waals surface area contributed by atoms with Gasteiger partial charge >= 0.3 is 12.2 Å². The first-order valence-corrected chi connectivity index (χ1v) is 17.8. The number of imidazole rings is 2. The molecule has 2 saturated heterocycles. The molecule has 2 saturated carbocycles. The highest BCUT2D eigenvalue weighted by atomic mass is 16.5. The first-order valence-electron chi connectivity index (χ1n) is 17.8. The summed E-state index contributed by atoms with van der Waals surface area (Å²) in [4.78, 5) is 70.9. The van der Waals surface area contributed by atoms with E-state index in [1.165, 1.54) is 14.2 Å². The Hall–Kier alpha value is -5.66. The molecule has 4 amide bonds. The molecule has 4 fully saturated rings. The van der Waals surface area contributed by atoms with Crippen LogP contribution < -0.4 is 5.32 Å². The zero-order valence-corrected chi connectivity index (χ0v) is 29.4. The molecule has 4 heterocycles. The normalized spacial score (nSPS) is 25.2. The smallest absolute Gasteiger partial charge is 0.407 e. The van der Waals surface area contributed by atoms with Crippen LogP contribution in [-0.2, 0) is 14.3 Å². The van der Waals surface area contributed by atoms with Crippen LogP contribution in [0.5, 0.6) is 0 Å². The summed E-state index contributed by atoms with van der Waals surface area (Å²) in [6.07, 6.45) is 5.42. The lowest BCUT2D eigenvalue weighted by atomic mass is 10.0. The summed E-state index contributed by atoms with van der Waals surface area (Å²) < 4.78 is 4.67. The molecule has 8 atom stereocenters. The van der Waals surface area contributed by atoms with E-state index in [9.17, 15) is 24.3 Å². The van der Waals surface area contributed by atoms with Crippen LogP contribution in [0.3, 0.4) is 0 Å². The van der Waals surface area contributed by atoms with Gasteiger partial charge in [-0.2, -0.15) is 0 Å². The molecule has 0 unspecified atom stereocenters. The number of aromatic amines is 2. The van der Waals surface area contributed by atoms with E-state index >= 15 is 0 Å². The summed E-state index contributed by atoms with van der Waals surface area (Å²) >= 11 is 0. The third-order valence-corrected chi connectivity index (χ3v) is 11.4. The Morgan fingerprint density at radius 2 is 1.21 bits per heavy atom. The van der Waals surface area contributed by atoms with Crippen LogP contribution in [0.1, 0.15) is 63.3 Å². The maximum absolute atomic E-state index is 13.4. The topological polar surface area (TPSA) is 177 Å². The van der Waals surface area contributed by atoms with Gasteiger partial charge in [-0.3, -0.25) is 14.5 Å². The SMILES string of the molecule is COC(=O)N[C@@H](C)C(=O)N1[C@H](c2ncc(-c3ccc(-c4ccc(-c5cnc([C@@H]6C[C@@H]7C[C@@H]7N6C(=O)[C@H](C)N(C)C(=O)O)[nH]5)cc4)cc3)[nH]2)C[C@H]2C[C@@H]21. The molecule has 4 aliphatic rings. The first kappa shape index (κ1) is 33.5. The standard InChI is InChI=1S/C38H42N8O6/c1-19(41-37(49)52-4)35(47)45-29-13-25(29)15-31(45)33-39-17-27(42-33)23-9-5-21(6-10-23)22-7-11-24(12-8-22)28-18-40-34(43-28)32-16-26-14-30(26)46(32)36(48)20(2)44(3)38(50)51/h5-12,17-20,25-26,29-32H,13-16H2,1-4H3,(H,39,42)(H,40,43)(H,41,49)(H,50,51)/t19-,20-,25+,26-,29-,30-,31-,32-/m0/s1. The van der Waals surface area contributed by atoms with Crippen molar-refractivity contribution in [3.63, 3.8) is 0 Å². The number of nitrogens with zero attached hydrogens (tertiary/aromatic N) is 5. The number of H-pyrrole nitrogens is 2. The lowest BCUT2D eigenvalue weighted by Crippen LogP contribution is -2.48. The van der Waals surface area contributed by atoms with Gasteiger partial charge in [-0.15, -0.1) is 0 Å². The predicted molar refractivity (Wildman–Crippen MR) is 189 cm³/mol. The Balaban J connectivity index is 0.927. The van der Waals surface area contributed by atoms with Crippen LogP contribution in [0, 0.1) is 11.8 Å². The van der Waals surface area contributed by atoms with Crippen LogP contribution in [0.4, 0.5) is 9.59 Å². The number of nitrogens with one attached hydrogen (secondary N) is 3. The van der Waals surface area contributed by atoms with Crippen molar-refractivity contribution >= 4 is 24.0 Å². The van der Waals surface area contributed by atoms with Gasteiger partial charge in [0.2, 0.25) is 11.8 Å². The Bertz CT molecular complexity index is 2020. The number of alkyl carbamates (subject to hydrolysis) is 1. The number of aromatic nitrogens is 4. The molecule has 270 valence electrons. The number of benzene rings is 2. The van der Waals surface area contributed by atoms with E-state index in [-0.39, 0.29) is 36.0 Å². The fourth-order valence-electron chi connectivity index (χ4n) is 8.09. The van der Waals surface area contributed by atoms with E-state index in [2.05, 4.69) is 54.3 Å². The van der Waals surface area contributed by atoms with Crippen molar-refractivity contribution in [1.29, 1.82) is 0 Å². The number of hydrogen-bond acceptors (Lipinski definition) is 7. The van der Waals surface area contributed by atoms with Crippen molar-refractivity contribution in [3.05, 3.63) is 72.6 Å². The molecule has 2 aromatic heterocycles. The van der Waals surface area contributed by atoms with E-state index in [1.807, 2.05) is 34.1 Å². The van der Waals surface area contributed by atoms with Crippen molar-refractivity contribution in [1.82, 2.24) is 40.0 Å². The summed E-state index contributed by atoms with van der Waals surface area (Å²) in [5.74, 6) is 2.02. The highest BCUT2D eigenvalue weighted by molar-refractivity contribution is 5.87. The number of methoxy groups -OCH3 is 1. The summed E-state index contributed by atoms with van der Waals surface area (Å²) in [7, 11) is 2.70. The minimum atomic E-state index is -1.13. The van der Waals surface area contributed by atoms with Crippen LogP contribution in [-0.4, -0.2) is 102 Å². The number of piperidine rings is 2. The van der Waals surface area contributed by atoms with Gasteiger partial charge in [-0.05, 0) is 73.6 Å². The van der Waals surface area contributed by atoms with Gasteiger partial charge in [0, 0.05) is 19.1 Å². The molecule has 2 aliphatic carbocycles. The van der Waals surface area contributed by atoms with Crippen molar-refractivity contribution < 1.29 is 29.0 Å². The van der Waals surface area contributed by atoms with Crippen LogP contribution in [0.25, 0.3) is 33.6 Å². The molecule has 4 aromatic rings. The van der Waals surface area contributed by atoms with E-state index in [0.717, 1.165) is 75.9 Å². The molecular weight excluding hydrogens is 664 g/mol. The van der Waals surface area contributed by atoms with Gasteiger partial charge in [0.1, 0.15) is 23.7 Å². The number of likely N-dealkylation sites (tertiary alicyclic amines) is 2. The van der Waals surface area contributed by atoms with Crippen molar-refractivity contribution in [2.24, 2.45) is 11.8 Å². The number of likely N-dealkylation sites (N-methyl/N-ethyl adjacent to an activating group) is 1. The number of carboxylic acid groups (broad SMARTS) is 1. The number of ether oxygens (including phenoxy) is 1. The Kier molecular flexibility index (Phi) is 8.26. The van der Waals surface area contributed by atoms with Gasteiger partial charge in [0.25, 0.3) is 0 Å². The van der Waals surface area contributed by atoms with Crippen molar-refractivity contribution in [2.75, 3.05) is 14.2 Å². The molecule has 52 heavy (non-hydrogen) atoms. The highest BCUT2D eigenvalue weighted by Crippen LogP contribution is 2.54. The van der Waals surface area contributed by atoms with Crippen molar-refractivity contribution in [2.45, 2.75) is 75.8 Å². The monoisotopic (exact) mass is 706 g/mol. The van der Waals surface area contributed by atoms with Crippen LogP contribution in [0.2, 0.25) is 0 Å². The lowest BCUT2D eigenvalue weighted by molar-refractivity contribution is -0.137. The summed E-state index contributed by atoms with van der Waals surface area (Å²) in [5, 5.41) is 12.0. The van der Waals surface area contributed by atoms with Crippen LogP contribution in [0.15, 0.2) is 60.9 Å². The van der Waals surface area contributed by atoms with Gasteiger partial charge < -0.3 is 34.9 Å². The van der Waals surface area contributed by atoms with Gasteiger partial charge in [-0.25, -0.2) is 19.6 Å². The second kappa shape index (κ2) is 12.8. The molecule has 14 nitrogen and oxygen atoms in total. The van der Waals surface area contributed by atoms with E-state index in [1.54, 1.807) is 26.2 Å². The maximum atomic E-state index is 13.4. The number of carbonyl (C=O) groups excluding carboxylic acids is 3. The Morgan fingerprint density at radius 1 is 0.769 bits per heavy atom. The summed E-state index contributed by atoms with van der Waals surface area (Å²) in [6.45, 7) is 3.31. The highest BCUT2D eigenvalue weighted by Gasteiger charge is 2.57. The molecule has 0 bridgehead atoms. The fourth-order valence-corrected chi connectivity index (χ4v) is 8.09. The quantitative estimate of drug-likeness (QED) is 0.184. The Labute approximate surface area is 300 Å². The lowest BCUT2D eigenvalue weighted by Gasteiger charge is -2.31. The average molecular weight is 707 g/mol. The van der Waals surface area contributed by atoms with Crippen molar-refractivity contribution in [3.8, 4) is 33.6 Å². The molecule has 14 heteroatoms. The van der Waals surface area contributed by atoms with Gasteiger partial charge in [0.05, 0.1) is 43.0 Å². The van der Waals surface area contributed by atoms with Gasteiger partial charge in [0.15, 0.2) is 0 Å². The Morgan fingerprint density at radius 3 is 1.65 bits per heavy atom. The minimum absolute atomic E-state index is 0.136. The molecule has 2 aromatic carbocycles. The fraction of sp³-hybridized carbons (Fsp3) is 0.421. The first-order chi connectivity index (χ1) is 25.0. The van der Waals surface area contributed by atoms with E-state index in [0.29, 0.717) is 11.8 Å². The predicted octanol–water partition coefficient (Wildman–Crippen LogP) is 5.20. The molecule has 4 N–H and O–H groups in total. The number of carbonyl (C=O) groups is 4. The maximum Gasteiger partial charge on any atom is 0.407 e. The molecule has 2 aliphatic heterocycles. The number of hydrogen-bond donors (Lipinski definition) is 4. The second-order valence-electron chi connectivity index (χ2n) is 14.6. The summed E-state index contributed by atoms with van der Waals surface area (Å²) in [5.41, 5.74) is 5.77. The molecule has 0 radical (unpaired) electrons. The summed E-state index contributed by atoms with van der Waals surface area (Å²) in [6, 6.07) is 14.9. The second-order valence-corrected chi connectivity index (χ2v) is 14.6. The number of fused-ring (bicyclic) bond motifs is 2. The van der Waals surface area contributed by atoms with Gasteiger partial charge in [-0.1, -0.05) is 48.5 Å². The number of amides is 4. The van der Waals surface area contributed by atoms with Crippen LogP contribution >= 0.6 is 0 Å².